The molecule has 1 heterocycles. The van der Waals surface area contributed by atoms with E-state index in [1.165, 1.54) is 16.5 Å². The third kappa shape index (κ3) is 2.25. The van der Waals surface area contributed by atoms with Gasteiger partial charge in [0.25, 0.3) is 0 Å². The maximum absolute atomic E-state index is 11.7. The van der Waals surface area contributed by atoms with E-state index in [2.05, 4.69) is 16.1 Å². The minimum absolute atomic E-state index is 0.559. The van der Waals surface area contributed by atoms with Crippen LogP contribution in [0.1, 0.15) is 21.6 Å². The molecule has 1 amide bonds. The molecule has 0 saturated carbocycles. The molecule has 1 aromatic heterocycles. The first-order chi connectivity index (χ1) is 9.79. The first-order valence-corrected chi connectivity index (χ1v) is 7.13. The van der Waals surface area contributed by atoms with Crippen LogP contribution in [0.3, 0.4) is 0 Å². The lowest BCUT2D eigenvalue weighted by atomic mass is 9.96. The minimum Gasteiger partial charge on any atom is -0.288 e. The lowest BCUT2D eigenvalue weighted by molar-refractivity contribution is -0.113. The monoisotopic (exact) mass is 281 g/mol. The number of carbonyl (C=O) groups is 1. The molecule has 3 rings (SSSR count). The molecular formula is C15H11N3OS. The Bertz CT molecular complexity index is 754. The molecule has 0 saturated heterocycles. The second kappa shape index (κ2) is 5.33. The summed E-state index contributed by atoms with van der Waals surface area (Å²) >= 11 is 1.70. The van der Waals surface area contributed by atoms with E-state index < -0.39 is 5.91 Å². The molecule has 0 aliphatic heterocycles. The lowest BCUT2D eigenvalue weighted by Crippen LogP contribution is -1.94. The second-order valence-corrected chi connectivity index (χ2v) is 5.50. The van der Waals surface area contributed by atoms with Crippen molar-refractivity contribution in [2.24, 2.45) is 5.11 Å². The fraction of sp³-hybridized carbons (Fsp3) is 0.133. The molecule has 1 aliphatic rings. The van der Waals surface area contributed by atoms with Gasteiger partial charge >= 0.3 is 0 Å². The molecule has 1 aliphatic carbocycles. The van der Waals surface area contributed by atoms with Crippen molar-refractivity contribution in [2.45, 2.75) is 12.8 Å². The summed E-state index contributed by atoms with van der Waals surface area (Å²) in [6.45, 7) is 0. The number of hydrogen-bond donors (Lipinski definition) is 0. The third-order valence-electron chi connectivity index (χ3n) is 3.38. The van der Waals surface area contributed by atoms with Crippen LogP contribution in [0, 0.1) is 0 Å². The summed E-state index contributed by atoms with van der Waals surface area (Å²) in [7, 11) is 0. The van der Waals surface area contributed by atoms with Gasteiger partial charge in [-0.15, -0.1) is 11.3 Å². The standard InChI is InChI=1S/C15H11N3OS/c16-18-17-15(19)9-13-11-4-2-1-3-10(11)5-6-14-12(13)7-8-20-14/h1-4,7-9H,5-6H2/b13-9+. The first kappa shape index (κ1) is 12.7. The topological polar surface area (TPSA) is 65.8 Å². The van der Waals surface area contributed by atoms with Gasteiger partial charge in [0.15, 0.2) is 0 Å². The van der Waals surface area contributed by atoms with Crippen LogP contribution in [-0.4, -0.2) is 5.91 Å². The van der Waals surface area contributed by atoms with Crippen molar-refractivity contribution in [1.29, 1.82) is 0 Å². The van der Waals surface area contributed by atoms with Crippen molar-refractivity contribution in [3.8, 4) is 0 Å². The lowest BCUT2D eigenvalue weighted by Gasteiger charge is -2.08. The summed E-state index contributed by atoms with van der Waals surface area (Å²) < 4.78 is 0. The Morgan fingerprint density at radius 3 is 2.95 bits per heavy atom. The van der Waals surface area contributed by atoms with Gasteiger partial charge in [-0.25, -0.2) is 0 Å². The number of nitrogens with zero attached hydrogens (tertiary/aromatic N) is 3. The number of aryl methyl sites for hydroxylation is 2. The number of benzene rings is 1. The molecule has 0 unspecified atom stereocenters. The van der Waals surface area contributed by atoms with E-state index in [9.17, 15) is 4.79 Å². The molecule has 98 valence electrons. The van der Waals surface area contributed by atoms with Crippen molar-refractivity contribution >= 4 is 22.8 Å². The molecule has 2 aromatic rings. The summed E-state index contributed by atoms with van der Waals surface area (Å²) in [5.41, 5.74) is 12.6. The van der Waals surface area contributed by atoms with Gasteiger partial charge in [0.1, 0.15) is 0 Å². The zero-order chi connectivity index (χ0) is 13.9. The van der Waals surface area contributed by atoms with Crippen LogP contribution in [-0.2, 0) is 17.6 Å². The highest BCUT2D eigenvalue weighted by atomic mass is 32.1. The number of amides is 1. The molecular weight excluding hydrogens is 270 g/mol. The molecule has 0 N–H and O–H groups in total. The van der Waals surface area contributed by atoms with E-state index >= 15 is 0 Å². The van der Waals surface area contributed by atoms with E-state index in [1.807, 2.05) is 29.6 Å². The molecule has 0 fully saturated rings. The van der Waals surface area contributed by atoms with Crippen LogP contribution in [0.4, 0.5) is 0 Å². The second-order valence-electron chi connectivity index (χ2n) is 4.50. The largest absolute Gasteiger partial charge is 0.288 e. The number of azide groups is 1. The molecule has 4 nitrogen and oxygen atoms in total. The smallest absolute Gasteiger partial charge is 0.242 e. The van der Waals surface area contributed by atoms with Crippen molar-refractivity contribution < 1.29 is 4.79 Å². The average Bonchev–Trinajstić information content (AvgIpc) is 2.86. The summed E-state index contributed by atoms with van der Waals surface area (Å²) in [6, 6.07) is 10.1. The number of rotatable bonds is 1. The van der Waals surface area contributed by atoms with Gasteiger partial charge in [0.05, 0.1) is 0 Å². The van der Waals surface area contributed by atoms with Crippen molar-refractivity contribution in [3.63, 3.8) is 0 Å². The Hall–Kier alpha value is -2.36. The SMILES string of the molecule is [N-]=[N+]=NC(=O)/C=C1\c2ccccc2CCc2sccc21. The predicted octanol–water partition coefficient (Wildman–Crippen LogP) is 4.12. The van der Waals surface area contributed by atoms with Crippen molar-refractivity contribution in [3.05, 3.63) is 73.8 Å². The highest BCUT2D eigenvalue weighted by molar-refractivity contribution is 7.10. The van der Waals surface area contributed by atoms with Crippen LogP contribution in [0.25, 0.3) is 16.0 Å². The Balaban J connectivity index is 2.22. The van der Waals surface area contributed by atoms with E-state index in [-0.39, 0.29) is 0 Å². The Labute approximate surface area is 120 Å². The zero-order valence-corrected chi connectivity index (χ0v) is 11.4. The van der Waals surface area contributed by atoms with Crippen LogP contribution in [0.5, 0.6) is 0 Å². The highest BCUT2D eigenvalue weighted by Crippen LogP contribution is 2.35. The van der Waals surface area contributed by atoms with E-state index in [0.717, 1.165) is 29.5 Å². The van der Waals surface area contributed by atoms with Crippen molar-refractivity contribution in [1.82, 2.24) is 0 Å². The number of fused-ring (bicyclic) bond motifs is 2. The molecule has 0 atom stereocenters. The average molecular weight is 281 g/mol. The zero-order valence-electron chi connectivity index (χ0n) is 10.6. The molecule has 0 spiro atoms. The molecule has 5 heteroatoms. The number of carbonyl (C=O) groups excluding carboxylic acids is 1. The Morgan fingerprint density at radius 2 is 2.10 bits per heavy atom. The molecule has 1 aromatic carbocycles. The fourth-order valence-corrected chi connectivity index (χ4v) is 3.41. The van der Waals surface area contributed by atoms with Gasteiger partial charge in [-0.05, 0) is 63.3 Å². The molecule has 20 heavy (non-hydrogen) atoms. The normalized spacial score (nSPS) is 14.9. The fourth-order valence-electron chi connectivity index (χ4n) is 2.52. The molecule has 0 radical (unpaired) electrons. The Morgan fingerprint density at radius 1 is 1.25 bits per heavy atom. The summed E-state index contributed by atoms with van der Waals surface area (Å²) in [6.07, 6.45) is 3.36. The van der Waals surface area contributed by atoms with Crippen LogP contribution < -0.4 is 0 Å². The van der Waals surface area contributed by atoms with Gasteiger partial charge < -0.3 is 0 Å². The Kier molecular flexibility index (Phi) is 3.37. The first-order valence-electron chi connectivity index (χ1n) is 6.25. The highest BCUT2D eigenvalue weighted by Gasteiger charge is 2.19. The summed E-state index contributed by atoms with van der Waals surface area (Å²) in [5.74, 6) is -0.559. The molecule has 0 bridgehead atoms. The van der Waals surface area contributed by atoms with Gasteiger partial charge in [-0.3, -0.25) is 4.79 Å². The van der Waals surface area contributed by atoms with E-state index in [1.54, 1.807) is 11.3 Å². The number of thiophene rings is 1. The van der Waals surface area contributed by atoms with E-state index in [0.29, 0.717) is 0 Å². The number of hydrogen-bond acceptors (Lipinski definition) is 2. The van der Waals surface area contributed by atoms with Crippen LogP contribution >= 0.6 is 11.3 Å². The minimum atomic E-state index is -0.559. The maximum atomic E-state index is 11.7. The summed E-state index contributed by atoms with van der Waals surface area (Å²) in [4.78, 5) is 15.5. The summed E-state index contributed by atoms with van der Waals surface area (Å²) in [5, 5.41) is 5.18. The van der Waals surface area contributed by atoms with E-state index in [4.69, 9.17) is 5.53 Å². The van der Waals surface area contributed by atoms with Gasteiger partial charge in [-0.1, -0.05) is 24.3 Å². The van der Waals surface area contributed by atoms with Gasteiger partial charge in [-0.2, -0.15) is 0 Å². The maximum Gasteiger partial charge on any atom is 0.242 e. The predicted molar refractivity (Wildman–Crippen MR) is 79.4 cm³/mol. The third-order valence-corrected chi connectivity index (χ3v) is 4.36. The quantitative estimate of drug-likeness (QED) is 0.335. The van der Waals surface area contributed by atoms with Crippen molar-refractivity contribution in [2.75, 3.05) is 0 Å². The van der Waals surface area contributed by atoms with Gasteiger partial charge in [0, 0.05) is 9.79 Å². The van der Waals surface area contributed by atoms with Crippen LogP contribution in [0.2, 0.25) is 0 Å². The van der Waals surface area contributed by atoms with Gasteiger partial charge in [0.2, 0.25) is 5.91 Å². The van der Waals surface area contributed by atoms with Crippen LogP contribution in [0.15, 0.2) is 46.9 Å².